The standard InChI is InChI=1S/C26H24ClF3N4O3/c27-20-15-18(10-11-19(20)26(28,29)30)33-25(37)24(32-13-14-35)17-8-5-16(6-9-17)7-12-23(36)34-22-4-2-1-3-21(22)31/h1-12,15,24,32,35H,13-14,31H2,(H,33,37)(H,34,36). The van der Waals surface area contributed by atoms with Gasteiger partial charge in [-0.15, -0.1) is 0 Å². The van der Waals surface area contributed by atoms with Crippen LogP contribution in [0.2, 0.25) is 5.02 Å². The SMILES string of the molecule is Nc1ccccc1NC(=O)C=Cc1ccc(C(NCCO)C(=O)Nc2ccc(C(F)(F)F)c(Cl)c2)cc1. The number of anilines is 3. The molecule has 3 rings (SSSR count). The van der Waals surface area contributed by atoms with E-state index < -0.39 is 28.7 Å². The molecule has 1 unspecified atom stereocenters. The summed E-state index contributed by atoms with van der Waals surface area (Å²) < 4.78 is 38.8. The molecule has 0 spiro atoms. The number of hydrogen-bond donors (Lipinski definition) is 5. The van der Waals surface area contributed by atoms with E-state index >= 15 is 0 Å². The van der Waals surface area contributed by atoms with Gasteiger partial charge in [0.1, 0.15) is 6.04 Å². The zero-order valence-corrected chi connectivity index (χ0v) is 20.1. The number of benzene rings is 3. The number of aliphatic hydroxyl groups excluding tert-OH is 1. The molecular weight excluding hydrogens is 509 g/mol. The minimum Gasteiger partial charge on any atom is -0.397 e. The van der Waals surface area contributed by atoms with Crippen molar-refractivity contribution in [3.05, 3.63) is 94.5 Å². The normalized spacial score (nSPS) is 12.4. The van der Waals surface area contributed by atoms with Gasteiger partial charge < -0.3 is 21.5 Å². The van der Waals surface area contributed by atoms with Crippen LogP contribution in [-0.4, -0.2) is 30.1 Å². The first-order valence-corrected chi connectivity index (χ1v) is 11.4. The maximum Gasteiger partial charge on any atom is 0.417 e. The molecule has 0 aliphatic heterocycles. The van der Waals surface area contributed by atoms with E-state index in [-0.39, 0.29) is 24.7 Å². The molecule has 3 aromatic carbocycles. The Labute approximate surface area is 216 Å². The molecule has 0 aliphatic carbocycles. The number of para-hydroxylation sites is 2. The van der Waals surface area contributed by atoms with Crippen LogP contribution in [0.15, 0.2) is 72.8 Å². The largest absolute Gasteiger partial charge is 0.417 e. The number of hydrogen-bond acceptors (Lipinski definition) is 5. The van der Waals surface area contributed by atoms with Crippen molar-refractivity contribution in [1.82, 2.24) is 5.32 Å². The zero-order valence-electron chi connectivity index (χ0n) is 19.4. The van der Waals surface area contributed by atoms with Gasteiger partial charge in [-0.2, -0.15) is 13.2 Å². The predicted molar refractivity (Wildman–Crippen MR) is 138 cm³/mol. The van der Waals surface area contributed by atoms with Gasteiger partial charge in [0.15, 0.2) is 0 Å². The lowest BCUT2D eigenvalue weighted by Crippen LogP contribution is -2.34. The van der Waals surface area contributed by atoms with Crippen LogP contribution in [0, 0.1) is 0 Å². The summed E-state index contributed by atoms with van der Waals surface area (Å²) in [5.41, 5.74) is 7.03. The third-order valence-corrected chi connectivity index (χ3v) is 5.49. The summed E-state index contributed by atoms with van der Waals surface area (Å²) in [6.07, 6.45) is -1.70. The lowest BCUT2D eigenvalue weighted by atomic mass is 10.0. The van der Waals surface area contributed by atoms with Crippen LogP contribution >= 0.6 is 11.6 Å². The Morgan fingerprint density at radius 2 is 1.73 bits per heavy atom. The van der Waals surface area contributed by atoms with Crippen molar-refractivity contribution < 1.29 is 27.9 Å². The molecular formula is C26H24ClF3N4O3. The Hall–Kier alpha value is -3.86. The van der Waals surface area contributed by atoms with Gasteiger partial charge in [-0.25, -0.2) is 0 Å². The van der Waals surface area contributed by atoms with Crippen molar-refractivity contribution in [2.24, 2.45) is 0 Å². The fourth-order valence-corrected chi connectivity index (χ4v) is 3.65. The fourth-order valence-electron chi connectivity index (χ4n) is 3.36. The van der Waals surface area contributed by atoms with Gasteiger partial charge in [0.25, 0.3) is 0 Å². The molecule has 11 heteroatoms. The number of carbonyl (C=O) groups excluding carboxylic acids is 2. The minimum atomic E-state index is -4.61. The summed E-state index contributed by atoms with van der Waals surface area (Å²) in [5.74, 6) is -0.938. The molecule has 2 amide bonds. The summed E-state index contributed by atoms with van der Waals surface area (Å²) in [5, 5.41) is 16.8. The van der Waals surface area contributed by atoms with E-state index in [1.54, 1.807) is 54.6 Å². The average Bonchev–Trinajstić information content (AvgIpc) is 2.84. The third kappa shape index (κ3) is 7.81. The lowest BCUT2D eigenvalue weighted by Gasteiger charge is -2.19. The van der Waals surface area contributed by atoms with E-state index in [1.807, 2.05) is 0 Å². The first-order valence-electron chi connectivity index (χ1n) is 11.0. The molecule has 37 heavy (non-hydrogen) atoms. The number of halogens is 4. The summed E-state index contributed by atoms with van der Waals surface area (Å²) in [6.45, 7) is -0.145. The molecule has 0 fully saturated rings. The molecule has 7 nitrogen and oxygen atoms in total. The molecule has 0 saturated carbocycles. The Kier molecular flexibility index (Phi) is 9.29. The van der Waals surface area contributed by atoms with Crippen molar-refractivity contribution in [2.75, 3.05) is 29.5 Å². The van der Waals surface area contributed by atoms with Crippen LogP contribution in [0.4, 0.5) is 30.2 Å². The number of alkyl halides is 3. The molecule has 1 atom stereocenters. The Balaban J connectivity index is 1.70. The third-order valence-electron chi connectivity index (χ3n) is 5.18. The second-order valence-corrected chi connectivity index (χ2v) is 8.28. The minimum absolute atomic E-state index is 0.0865. The number of nitrogens with one attached hydrogen (secondary N) is 3. The van der Waals surface area contributed by atoms with E-state index in [2.05, 4.69) is 16.0 Å². The second-order valence-electron chi connectivity index (χ2n) is 7.87. The topological polar surface area (TPSA) is 116 Å². The monoisotopic (exact) mass is 532 g/mol. The number of nitrogens with two attached hydrogens (primary N) is 1. The molecule has 0 radical (unpaired) electrons. The van der Waals surface area contributed by atoms with Crippen LogP contribution in [0.1, 0.15) is 22.7 Å². The van der Waals surface area contributed by atoms with E-state index in [4.69, 9.17) is 17.3 Å². The highest BCUT2D eigenvalue weighted by Crippen LogP contribution is 2.36. The first kappa shape index (κ1) is 27.7. The Bertz CT molecular complexity index is 1280. The van der Waals surface area contributed by atoms with Crippen LogP contribution < -0.4 is 21.7 Å². The van der Waals surface area contributed by atoms with Crippen LogP contribution in [-0.2, 0) is 15.8 Å². The van der Waals surface area contributed by atoms with Crippen molar-refractivity contribution in [1.29, 1.82) is 0 Å². The quantitative estimate of drug-likeness (QED) is 0.199. The number of aliphatic hydroxyl groups is 1. The molecule has 0 bridgehead atoms. The Morgan fingerprint density at radius 3 is 2.35 bits per heavy atom. The van der Waals surface area contributed by atoms with Crippen LogP contribution in [0.25, 0.3) is 6.08 Å². The van der Waals surface area contributed by atoms with Gasteiger partial charge in [-0.05, 0) is 47.5 Å². The van der Waals surface area contributed by atoms with Gasteiger partial charge in [-0.1, -0.05) is 48.0 Å². The van der Waals surface area contributed by atoms with Crippen molar-refractivity contribution in [3.8, 4) is 0 Å². The van der Waals surface area contributed by atoms with E-state index in [0.29, 0.717) is 22.5 Å². The summed E-state index contributed by atoms with van der Waals surface area (Å²) >= 11 is 5.74. The summed E-state index contributed by atoms with van der Waals surface area (Å²) in [6, 6.07) is 15.5. The molecule has 0 aliphatic rings. The average molecular weight is 533 g/mol. The van der Waals surface area contributed by atoms with E-state index in [0.717, 1.165) is 18.2 Å². The Morgan fingerprint density at radius 1 is 1.03 bits per heavy atom. The number of amides is 2. The van der Waals surface area contributed by atoms with E-state index in [1.165, 1.54) is 6.08 Å². The van der Waals surface area contributed by atoms with Crippen molar-refractivity contribution in [2.45, 2.75) is 12.2 Å². The summed E-state index contributed by atoms with van der Waals surface area (Å²) in [7, 11) is 0. The zero-order chi connectivity index (χ0) is 27.0. The highest BCUT2D eigenvalue weighted by molar-refractivity contribution is 6.31. The maximum absolute atomic E-state index is 12.9. The van der Waals surface area contributed by atoms with Gasteiger partial charge in [0.05, 0.1) is 28.6 Å². The lowest BCUT2D eigenvalue weighted by molar-refractivity contribution is -0.137. The molecule has 0 heterocycles. The van der Waals surface area contributed by atoms with Gasteiger partial charge in [0.2, 0.25) is 11.8 Å². The van der Waals surface area contributed by atoms with Gasteiger partial charge >= 0.3 is 6.18 Å². The number of rotatable bonds is 9. The van der Waals surface area contributed by atoms with Crippen molar-refractivity contribution in [3.63, 3.8) is 0 Å². The van der Waals surface area contributed by atoms with Crippen LogP contribution in [0.5, 0.6) is 0 Å². The van der Waals surface area contributed by atoms with Crippen LogP contribution in [0.3, 0.4) is 0 Å². The number of carbonyl (C=O) groups is 2. The molecule has 3 aromatic rings. The first-order chi connectivity index (χ1) is 17.6. The molecule has 0 saturated heterocycles. The van der Waals surface area contributed by atoms with Crippen molar-refractivity contribution >= 4 is 46.6 Å². The second kappa shape index (κ2) is 12.4. The smallest absolute Gasteiger partial charge is 0.397 e. The van der Waals surface area contributed by atoms with Gasteiger partial charge in [0, 0.05) is 18.3 Å². The molecule has 6 N–H and O–H groups in total. The molecule has 0 aromatic heterocycles. The van der Waals surface area contributed by atoms with Gasteiger partial charge in [-0.3, -0.25) is 14.9 Å². The highest BCUT2D eigenvalue weighted by atomic mass is 35.5. The highest BCUT2D eigenvalue weighted by Gasteiger charge is 2.33. The predicted octanol–water partition coefficient (Wildman–Crippen LogP) is 4.85. The molecule has 194 valence electrons. The number of nitrogen functional groups attached to an aromatic ring is 1. The summed E-state index contributed by atoms with van der Waals surface area (Å²) in [4.78, 5) is 25.1. The maximum atomic E-state index is 12.9. The van der Waals surface area contributed by atoms with E-state index in [9.17, 15) is 27.9 Å². The fraction of sp³-hybridized carbons (Fsp3) is 0.154.